The molecular weight excluding hydrogens is 264 g/mol. The summed E-state index contributed by atoms with van der Waals surface area (Å²) in [5.41, 5.74) is 1.93. The van der Waals surface area contributed by atoms with Gasteiger partial charge < -0.3 is 0 Å². The van der Waals surface area contributed by atoms with Crippen LogP contribution in [0, 0.1) is 12.8 Å². The Hall–Kier alpha value is -1.75. The van der Waals surface area contributed by atoms with Crippen LogP contribution in [0.4, 0.5) is 0 Å². The van der Waals surface area contributed by atoms with Crippen LogP contribution >= 0.6 is 11.6 Å². The highest BCUT2D eigenvalue weighted by molar-refractivity contribution is 6.32. The second-order valence-corrected chi connectivity index (χ2v) is 5.17. The Morgan fingerprint density at radius 2 is 2.11 bits per heavy atom. The second kappa shape index (κ2) is 5.48. The van der Waals surface area contributed by atoms with E-state index in [0.717, 1.165) is 12.0 Å². The van der Waals surface area contributed by atoms with Gasteiger partial charge in [0.15, 0.2) is 12.1 Å². The van der Waals surface area contributed by atoms with Crippen LogP contribution in [0.15, 0.2) is 12.1 Å². The van der Waals surface area contributed by atoms with E-state index in [1.807, 2.05) is 13.0 Å². The highest BCUT2D eigenvalue weighted by atomic mass is 35.5. The average molecular weight is 279 g/mol. The number of aryl methyl sites for hydroxylation is 1. The monoisotopic (exact) mass is 278 g/mol. The Balaban J connectivity index is 2.49. The van der Waals surface area contributed by atoms with E-state index in [1.54, 1.807) is 6.07 Å². The fourth-order valence-electron chi connectivity index (χ4n) is 1.76. The summed E-state index contributed by atoms with van der Waals surface area (Å²) in [6, 6.07) is 3.60. The Morgan fingerprint density at radius 1 is 1.37 bits per heavy atom. The molecule has 0 unspecified atom stereocenters. The first-order valence-electron chi connectivity index (χ1n) is 6.06. The molecule has 0 amide bonds. The normalized spacial score (nSPS) is 11.0. The number of halogens is 1. The van der Waals surface area contributed by atoms with Crippen LogP contribution in [0.3, 0.4) is 0 Å². The Kier molecular flexibility index (Phi) is 3.95. The van der Waals surface area contributed by atoms with E-state index in [1.165, 1.54) is 4.68 Å². The van der Waals surface area contributed by atoms with Crippen LogP contribution in [0.1, 0.15) is 35.6 Å². The maximum absolute atomic E-state index is 11.2. The number of nitrogens with zero attached hydrogens (tertiary/aromatic N) is 4. The van der Waals surface area contributed by atoms with E-state index < -0.39 is 0 Å². The second-order valence-electron chi connectivity index (χ2n) is 4.81. The van der Waals surface area contributed by atoms with Gasteiger partial charge in [-0.1, -0.05) is 25.4 Å². The third-order valence-electron chi connectivity index (χ3n) is 2.66. The van der Waals surface area contributed by atoms with Gasteiger partial charge in [0.25, 0.3) is 0 Å². The predicted molar refractivity (Wildman–Crippen MR) is 72.8 cm³/mol. The lowest BCUT2D eigenvalue weighted by Crippen LogP contribution is -2.03. The van der Waals surface area contributed by atoms with Crippen molar-refractivity contribution in [2.45, 2.75) is 27.2 Å². The van der Waals surface area contributed by atoms with E-state index in [4.69, 9.17) is 11.6 Å². The van der Waals surface area contributed by atoms with Gasteiger partial charge in [-0.3, -0.25) is 4.79 Å². The zero-order chi connectivity index (χ0) is 14.0. The minimum Gasteiger partial charge on any atom is -0.298 e. The summed E-state index contributed by atoms with van der Waals surface area (Å²) in [5.74, 6) is 0.899. The molecule has 100 valence electrons. The minimum absolute atomic E-state index is 0.281. The van der Waals surface area contributed by atoms with E-state index in [9.17, 15) is 4.79 Å². The van der Waals surface area contributed by atoms with Crippen LogP contribution in [0.5, 0.6) is 0 Å². The molecule has 0 atom stereocenters. The zero-order valence-corrected chi connectivity index (χ0v) is 11.8. The smallest absolute Gasteiger partial charge is 0.177 e. The quantitative estimate of drug-likeness (QED) is 0.807. The maximum atomic E-state index is 11.2. The van der Waals surface area contributed by atoms with Gasteiger partial charge in [0.2, 0.25) is 0 Å². The lowest BCUT2D eigenvalue weighted by Gasteiger charge is -2.01. The lowest BCUT2D eigenvalue weighted by molar-refractivity contribution is 0.112. The summed E-state index contributed by atoms with van der Waals surface area (Å²) in [6.45, 7) is 5.98. The molecule has 0 saturated carbocycles. The van der Waals surface area contributed by atoms with Crippen LogP contribution in [0.2, 0.25) is 5.15 Å². The van der Waals surface area contributed by atoms with Gasteiger partial charge in [0.05, 0.1) is 17.0 Å². The molecule has 0 bridgehead atoms. The van der Waals surface area contributed by atoms with Crippen molar-refractivity contribution in [1.29, 1.82) is 0 Å². The predicted octanol–water partition coefficient (Wildman–Crippen LogP) is 2.64. The molecule has 0 aliphatic heterocycles. The molecule has 0 radical (unpaired) electrons. The highest BCUT2D eigenvalue weighted by Gasteiger charge is 2.18. The van der Waals surface area contributed by atoms with Gasteiger partial charge in [0, 0.05) is 0 Å². The van der Waals surface area contributed by atoms with Crippen molar-refractivity contribution in [1.82, 2.24) is 20.0 Å². The van der Waals surface area contributed by atoms with E-state index in [-0.39, 0.29) is 5.15 Å². The van der Waals surface area contributed by atoms with Crippen molar-refractivity contribution >= 4 is 17.9 Å². The number of aromatic nitrogens is 4. The van der Waals surface area contributed by atoms with Crippen molar-refractivity contribution < 1.29 is 4.79 Å². The number of hydrogen-bond acceptors (Lipinski definition) is 4. The minimum atomic E-state index is 0.281. The first-order valence-corrected chi connectivity index (χ1v) is 6.44. The SMILES string of the molecule is Cc1ccc(-n2nc(CC(C)C)c(C=O)c2Cl)nn1. The van der Waals surface area contributed by atoms with Gasteiger partial charge in [-0.25, -0.2) is 4.68 Å². The summed E-state index contributed by atoms with van der Waals surface area (Å²) in [4.78, 5) is 11.2. The molecule has 0 spiro atoms. The number of hydrogen-bond donors (Lipinski definition) is 0. The lowest BCUT2D eigenvalue weighted by atomic mass is 10.1. The number of aldehydes is 1. The van der Waals surface area contributed by atoms with Crippen molar-refractivity contribution in [3.05, 3.63) is 34.2 Å². The molecule has 2 rings (SSSR count). The third kappa shape index (κ3) is 2.81. The molecule has 19 heavy (non-hydrogen) atoms. The third-order valence-corrected chi connectivity index (χ3v) is 3.02. The largest absolute Gasteiger partial charge is 0.298 e. The van der Waals surface area contributed by atoms with Crippen molar-refractivity contribution in [3.8, 4) is 5.82 Å². The van der Waals surface area contributed by atoms with Crippen molar-refractivity contribution in [2.75, 3.05) is 0 Å². The maximum Gasteiger partial charge on any atom is 0.177 e. The highest BCUT2D eigenvalue weighted by Crippen LogP contribution is 2.23. The molecule has 0 saturated heterocycles. The van der Waals surface area contributed by atoms with Crippen molar-refractivity contribution in [3.63, 3.8) is 0 Å². The summed E-state index contributed by atoms with van der Waals surface area (Å²) in [7, 11) is 0. The zero-order valence-electron chi connectivity index (χ0n) is 11.1. The fourth-order valence-corrected chi connectivity index (χ4v) is 2.04. The number of rotatable bonds is 4. The molecule has 0 aromatic carbocycles. The van der Waals surface area contributed by atoms with E-state index in [0.29, 0.717) is 29.4 Å². The molecule has 2 aromatic heterocycles. The van der Waals surface area contributed by atoms with Crippen LogP contribution in [-0.4, -0.2) is 26.3 Å². The topological polar surface area (TPSA) is 60.7 Å². The van der Waals surface area contributed by atoms with Gasteiger partial charge in [-0.2, -0.15) is 10.2 Å². The molecule has 0 aliphatic rings. The summed E-state index contributed by atoms with van der Waals surface area (Å²) >= 11 is 6.19. The van der Waals surface area contributed by atoms with Gasteiger partial charge in [-0.05, 0) is 31.4 Å². The molecule has 0 N–H and O–H groups in total. The van der Waals surface area contributed by atoms with Crippen LogP contribution < -0.4 is 0 Å². The number of carbonyl (C=O) groups is 1. The molecule has 0 aliphatic carbocycles. The Morgan fingerprint density at radius 3 is 2.63 bits per heavy atom. The molecule has 5 nitrogen and oxygen atoms in total. The van der Waals surface area contributed by atoms with Gasteiger partial charge in [-0.15, -0.1) is 5.10 Å². The summed E-state index contributed by atoms with van der Waals surface area (Å²) in [5, 5.41) is 12.6. The molecule has 2 aromatic rings. The van der Waals surface area contributed by atoms with Crippen molar-refractivity contribution in [2.24, 2.45) is 5.92 Å². The fraction of sp³-hybridized carbons (Fsp3) is 0.385. The average Bonchev–Trinajstić information content (AvgIpc) is 2.66. The number of carbonyl (C=O) groups excluding carboxylic acids is 1. The van der Waals surface area contributed by atoms with Gasteiger partial charge in [0.1, 0.15) is 5.15 Å². The summed E-state index contributed by atoms with van der Waals surface area (Å²) in [6.07, 6.45) is 1.44. The van der Waals surface area contributed by atoms with E-state index in [2.05, 4.69) is 29.1 Å². The Bertz CT molecular complexity index is 589. The Labute approximate surface area is 116 Å². The van der Waals surface area contributed by atoms with Gasteiger partial charge >= 0.3 is 0 Å². The molecule has 0 fully saturated rings. The molecule has 6 heteroatoms. The van der Waals surface area contributed by atoms with E-state index >= 15 is 0 Å². The summed E-state index contributed by atoms with van der Waals surface area (Å²) < 4.78 is 1.45. The van der Waals surface area contributed by atoms with Crippen LogP contribution in [-0.2, 0) is 6.42 Å². The van der Waals surface area contributed by atoms with Crippen LogP contribution in [0.25, 0.3) is 5.82 Å². The first-order chi connectivity index (χ1) is 9.02. The molecule has 2 heterocycles. The first kappa shape index (κ1) is 13.7. The molecular formula is C13H15ClN4O. The standard InChI is InChI=1S/C13H15ClN4O/c1-8(2)6-11-10(7-19)13(14)18(17-11)12-5-4-9(3)15-16-12/h4-5,7-8H,6H2,1-3H3.